The van der Waals surface area contributed by atoms with Crippen molar-refractivity contribution in [3.8, 4) is 17.2 Å². The smallest absolute Gasteiger partial charge is 0.251 e. The predicted octanol–water partition coefficient (Wildman–Crippen LogP) is 5.42. The molecule has 1 amide bonds. The number of hydrogen-bond donors (Lipinski definition) is 1. The second kappa shape index (κ2) is 11.8. The van der Waals surface area contributed by atoms with Gasteiger partial charge in [-0.1, -0.05) is 36.4 Å². The first-order valence-corrected chi connectivity index (χ1v) is 11.0. The van der Waals surface area contributed by atoms with E-state index >= 15 is 0 Å². The Morgan fingerprint density at radius 1 is 0.938 bits per heavy atom. The van der Waals surface area contributed by atoms with E-state index in [1.165, 1.54) is 5.56 Å². The molecule has 32 heavy (non-hydrogen) atoms. The Morgan fingerprint density at radius 3 is 2.47 bits per heavy atom. The molecule has 0 aliphatic carbocycles. The van der Waals surface area contributed by atoms with Crippen LogP contribution in [0.1, 0.15) is 41.8 Å². The normalized spacial score (nSPS) is 11.5. The number of benzene rings is 3. The van der Waals surface area contributed by atoms with Crippen molar-refractivity contribution in [3.05, 3.63) is 89.5 Å². The van der Waals surface area contributed by atoms with Crippen molar-refractivity contribution in [1.82, 2.24) is 5.32 Å². The van der Waals surface area contributed by atoms with E-state index in [4.69, 9.17) is 14.2 Å². The highest BCUT2D eigenvalue weighted by Crippen LogP contribution is 2.25. The van der Waals surface area contributed by atoms with Crippen molar-refractivity contribution < 1.29 is 19.0 Å². The largest absolute Gasteiger partial charge is 0.497 e. The topological polar surface area (TPSA) is 56.8 Å². The monoisotopic (exact) mass is 433 g/mol. The van der Waals surface area contributed by atoms with Gasteiger partial charge < -0.3 is 19.5 Å². The van der Waals surface area contributed by atoms with Gasteiger partial charge in [0.05, 0.1) is 13.7 Å². The highest BCUT2D eigenvalue weighted by molar-refractivity contribution is 5.94. The zero-order chi connectivity index (χ0) is 22.8. The van der Waals surface area contributed by atoms with E-state index in [0.717, 1.165) is 24.2 Å². The molecular weight excluding hydrogens is 402 g/mol. The van der Waals surface area contributed by atoms with Crippen LogP contribution in [0.5, 0.6) is 17.2 Å². The van der Waals surface area contributed by atoms with Crippen LogP contribution in [0.2, 0.25) is 0 Å². The lowest BCUT2D eigenvalue weighted by molar-refractivity contribution is 0.0938. The Balaban J connectivity index is 1.64. The van der Waals surface area contributed by atoms with Crippen LogP contribution < -0.4 is 19.5 Å². The minimum Gasteiger partial charge on any atom is -0.497 e. The Hall–Kier alpha value is -3.47. The fourth-order valence-electron chi connectivity index (χ4n) is 3.39. The quantitative estimate of drug-likeness (QED) is 0.438. The number of carbonyl (C=O) groups excluding carboxylic acids is 1. The molecule has 0 aliphatic rings. The van der Waals surface area contributed by atoms with Crippen LogP contribution >= 0.6 is 0 Å². The number of hydrogen-bond acceptors (Lipinski definition) is 4. The van der Waals surface area contributed by atoms with Crippen LogP contribution in [0.3, 0.4) is 0 Å². The summed E-state index contributed by atoms with van der Waals surface area (Å²) in [4.78, 5) is 12.8. The summed E-state index contributed by atoms with van der Waals surface area (Å²) < 4.78 is 16.9. The SMILES string of the molecule is CCOc1ccc(C(=O)N[C@@H](C)CCc2ccccc2)cc1COc1cccc(OC)c1. The summed E-state index contributed by atoms with van der Waals surface area (Å²) >= 11 is 0. The molecule has 3 rings (SSSR count). The van der Waals surface area contributed by atoms with Gasteiger partial charge in [-0.3, -0.25) is 4.79 Å². The van der Waals surface area contributed by atoms with Gasteiger partial charge in [0, 0.05) is 23.2 Å². The van der Waals surface area contributed by atoms with Gasteiger partial charge in [-0.05, 0) is 62.6 Å². The molecule has 0 saturated heterocycles. The number of methoxy groups -OCH3 is 1. The van der Waals surface area contributed by atoms with E-state index in [0.29, 0.717) is 23.7 Å². The van der Waals surface area contributed by atoms with Gasteiger partial charge in [-0.25, -0.2) is 0 Å². The minimum absolute atomic E-state index is 0.0609. The molecule has 0 saturated carbocycles. The van der Waals surface area contributed by atoms with Gasteiger partial charge in [0.2, 0.25) is 0 Å². The number of ether oxygens (including phenoxy) is 3. The molecule has 0 aromatic heterocycles. The van der Waals surface area contributed by atoms with Crippen LogP contribution in [-0.2, 0) is 13.0 Å². The molecule has 3 aromatic carbocycles. The number of amides is 1. The highest BCUT2D eigenvalue weighted by atomic mass is 16.5. The van der Waals surface area contributed by atoms with E-state index < -0.39 is 0 Å². The van der Waals surface area contributed by atoms with Crippen LogP contribution in [0.25, 0.3) is 0 Å². The molecule has 0 aliphatic heterocycles. The molecule has 1 N–H and O–H groups in total. The molecule has 168 valence electrons. The van der Waals surface area contributed by atoms with Crippen molar-refractivity contribution in [3.63, 3.8) is 0 Å². The maximum absolute atomic E-state index is 12.8. The van der Waals surface area contributed by atoms with Gasteiger partial charge in [-0.2, -0.15) is 0 Å². The van der Waals surface area contributed by atoms with Crippen molar-refractivity contribution in [2.24, 2.45) is 0 Å². The fraction of sp³-hybridized carbons (Fsp3) is 0.296. The Morgan fingerprint density at radius 2 is 1.72 bits per heavy atom. The molecule has 0 unspecified atom stereocenters. The van der Waals surface area contributed by atoms with Crippen molar-refractivity contribution in [2.75, 3.05) is 13.7 Å². The lowest BCUT2D eigenvalue weighted by Crippen LogP contribution is -2.33. The molecule has 0 bridgehead atoms. The zero-order valence-corrected chi connectivity index (χ0v) is 19.0. The Bertz CT molecular complexity index is 1000. The first kappa shape index (κ1) is 23.2. The molecule has 0 fully saturated rings. The minimum atomic E-state index is -0.101. The fourth-order valence-corrected chi connectivity index (χ4v) is 3.39. The average Bonchev–Trinajstić information content (AvgIpc) is 2.83. The number of nitrogens with one attached hydrogen (secondary N) is 1. The Kier molecular flexibility index (Phi) is 8.55. The third kappa shape index (κ3) is 6.77. The standard InChI is InChI=1S/C27H31NO4/c1-4-31-26-16-15-22(17-23(26)19-32-25-12-8-11-24(18-25)30-3)27(29)28-20(2)13-14-21-9-6-5-7-10-21/h5-12,15-18,20H,4,13-14,19H2,1-3H3,(H,28,29)/t20-/m0/s1. The number of aryl methyl sites for hydroxylation is 1. The van der Waals surface area contributed by atoms with E-state index in [1.807, 2.05) is 68.4 Å². The molecular formula is C27H31NO4. The van der Waals surface area contributed by atoms with Crippen LogP contribution in [0.4, 0.5) is 0 Å². The number of rotatable bonds is 11. The third-order valence-corrected chi connectivity index (χ3v) is 5.14. The van der Waals surface area contributed by atoms with Gasteiger partial charge in [0.15, 0.2) is 0 Å². The molecule has 3 aromatic rings. The van der Waals surface area contributed by atoms with Gasteiger partial charge in [0.25, 0.3) is 5.91 Å². The van der Waals surface area contributed by atoms with Crippen LogP contribution in [0, 0.1) is 0 Å². The Labute approximate surface area is 190 Å². The average molecular weight is 434 g/mol. The lowest BCUT2D eigenvalue weighted by Gasteiger charge is -2.16. The zero-order valence-electron chi connectivity index (χ0n) is 19.0. The van der Waals surface area contributed by atoms with Crippen LogP contribution in [-0.4, -0.2) is 25.7 Å². The number of carbonyl (C=O) groups is 1. The summed E-state index contributed by atoms with van der Waals surface area (Å²) in [6, 6.07) is 23.2. The molecule has 1 atom stereocenters. The second-order valence-corrected chi connectivity index (χ2v) is 7.62. The first-order chi connectivity index (χ1) is 15.6. The molecule has 0 spiro atoms. The maximum Gasteiger partial charge on any atom is 0.251 e. The van der Waals surface area contributed by atoms with Crippen molar-refractivity contribution in [2.45, 2.75) is 39.3 Å². The molecule has 5 nitrogen and oxygen atoms in total. The highest BCUT2D eigenvalue weighted by Gasteiger charge is 2.14. The summed E-state index contributed by atoms with van der Waals surface area (Å²) in [5.74, 6) is 2.03. The van der Waals surface area contributed by atoms with Crippen molar-refractivity contribution >= 4 is 5.91 Å². The van der Waals surface area contributed by atoms with E-state index in [1.54, 1.807) is 13.2 Å². The summed E-state index contributed by atoms with van der Waals surface area (Å²) in [6.45, 7) is 4.78. The molecule has 0 heterocycles. The lowest BCUT2D eigenvalue weighted by atomic mass is 10.1. The summed E-state index contributed by atoms with van der Waals surface area (Å²) in [5.41, 5.74) is 2.68. The van der Waals surface area contributed by atoms with Gasteiger partial charge in [0.1, 0.15) is 23.9 Å². The third-order valence-electron chi connectivity index (χ3n) is 5.14. The summed E-state index contributed by atoms with van der Waals surface area (Å²) in [7, 11) is 1.62. The first-order valence-electron chi connectivity index (χ1n) is 11.0. The van der Waals surface area contributed by atoms with E-state index in [-0.39, 0.29) is 18.6 Å². The summed E-state index contributed by atoms with van der Waals surface area (Å²) in [5, 5.41) is 3.10. The van der Waals surface area contributed by atoms with E-state index in [9.17, 15) is 4.79 Å². The van der Waals surface area contributed by atoms with Gasteiger partial charge >= 0.3 is 0 Å². The maximum atomic E-state index is 12.8. The molecule has 5 heteroatoms. The van der Waals surface area contributed by atoms with Crippen LogP contribution in [0.15, 0.2) is 72.8 Å². The second-order valence-electron chi connectivity index (χ2n) is 7.62. The summed E-state index contributed by atoms with van der Waals surface area (Å²) in [6.07, 6.45) is 1.80. The van der Waals surface area contributed by atoms with Crippen molar-refractivity contribution in [1.29, 1.82) is 0 Å². The van der Waals surface area contributed by atoms with E-state index in [2.05, 4.69) is 17.4 Å². The predicted molar refractivity (Wildman–Crippen MR) is 127 cm³/mol. The molecule has 0 radical (unpaired) electrons. The van der Waals surface area contributed by atoms with Gasteiger partial charge in [-0.15, -0.1) is 0 Å².